The standard InChI is InChI=1S/C23H30N2O3/c1-18-11-13-21(14-12-18)28-17-7-10-22(26)25(19(2)23(27)24-3)16-15-20-8-5-4-6-9-20/h4-6,8-9,11-14,19H,7,10,15-17H2,1-3H3,(H,24,27). The fraction of sp³-hybridized carbons (Fsp3) is 0.391. The molecule has 5 heteroatoms. The molecule has 0 bridgehead atoms. The van der Waals surface area contributed by atoms with Gasteiger partial charge in [-0.3, -0.25) is 9.59 Å². The molecule has 2 aromatic rings. The van der Waals surface area contributed by atoms with Gasteiger partial charge in [0.15, 0.2) is 0 Å². The van der Waals surface area contributed by atoms with Gasteiger partial charge in [-0.1, -0.05) is 48.0 Å². The number of hydrogen-bond acceptors (Lipinski definition) is 3. The van der Waals surface area contributed by atoms with Gasteiger partial charge in [-0.2, -0.15) is 0 Å². The zero-order valence-electron chi connectivity index (χ0n) is 17.0. The van der Waals surface area contributed by atoms with Crippen LogP contribution in [0.4, 0.5) is 0 Å². The zero-order chi connectivity index (χ0) is 20.4. The Morgan fingerprint density at radius 3 is 2.39 bits per heavy atom. The molecular formula is C23H30N2O3. The third-order valence-electron chi connectivity index (χ3n) is 4.72. The van der Waals surface area contributed by atoms with Crippen LogP contribution >= 0.6 is 0 Å². The third kappa shape index (κ3) is 6.72. The number of nitrogens with one attached hydrogen (secondary N) is 1. The summed E-state index contributed by atoms with van der Waals surface area (Å²) in [4.78, 5) is 26.5. The van der Waals surface area contributed by atoms with Crippen LogP contribution in [0.5, 0.6) is 5.75 Å². The normalized spacial score (nSPS) is 11.5. The van der Waals surface area contributed by atoms with Gasteiger partial charge in [-0.25, -0.2) is 0 Å². The van der Waals surface area contributed by atoms with Gasteiger partial charge < -0.3 is 15.0 Å². The molecule has 1 unspecified atom stereocenters. The van der Waals surface area contributed by atoms with Crippen LogP contribution in [-0.2, 0) is 16.0 Å². The van der Waals surface area contributed by atoms with E-state index >= 15 is 0 Å². The van der Waals surface area contributed by atoms with Crippen molar-refractivity contribution in [2.75, 3.05) is 20.2 Å². The predicted octanol–water partition coefficient (Wildman–Crippen LogP) is 3.36. The highest BCUT2D eigenvalue weighted by Crippen LogP contribution is 2.13. The van der Waals surface area contributed by atoms with Crippen LogP contribution in [0.25, 0.3) is 0 Å². The summed E-state index contributed by atoms with van der Waals surface area (Å²) in [5.74, 6) is 0.620. The summed E-state index contributed by atoms with van der Waals surface area (Å²) in [6.45, 7) is 4.77. The van der Waals surface area contributed by atoms with E-state index in [4.69, 9.17) is 4.74 Å². The Balaban J connectivity index is 1.88. The van der Waals surface area contributed by atoms with Crippen LogP contribution in [0.15, 0.2) is 54.6 Å². The number of ether oxygens (including phenoxy) is 1. The fourth-order valence-corrected chi connectivity index (χ4v) is 2.97. The molecule has 5 nitrogen and oxygen atoms in total. The molecule has 0 heterocycles. The van der Waals surface area contributed by atoms with Gasteiger partial charge in [0.1, 0.15) is 11.8 Å². The average molecular weight is 383 g/mol. The third-order valence-corrected chi connectivity index (χ3v) is 4.72. The molecule has 0 spiro atoms. The molecule has 0 aromatic heterocycles. The number of carbonyl (C=O) groups excluding carboxylic acids is 2. The smallest absolute Gasteiger partial charge is 0.242 e. The van der Waals surface area contributed by atoms with Gasteiger partial charge in [-0.15, -0.1) is 0 Å². The molecule has 150 valence electrons. The Morgan fingerprint density at radius 2 is 1.75 bits per heavy atom. The number of amides is 2. The van der Waals surface area contributed by atoms with Crippen LogP contribution < -0.4 is 10.1 Å². The largest absolute Gasteiger partial charge is 0.494 e. The Labute approximate surface area is 167 Å². The van der Waals surface area contributed by atoms with E-state index in [1.54, 1.807) is 18.9 Å². The number of rotatable bonds is 10. The highest BCUT2D eigenvalue weighted by atomic mass is 16.5. The lowest BCUT2D eigenvalue weighted by Gasteiger charge is -2.28. The molecule has 0 saturated heterocycles. The van der Waals surface area contributed by atoms with Crippen molar-refractivity contribution in [3.63, 3.8) is 0 Å². The number of hydrogen-bond donors (Lipinski definition) is 1. The molecule has 0 radical (unpaired) electrons. The van der Waals surface area contributed by atoms with E-state index in [2.05, 4.69) is 5.32 Å². The summed E-state index contributed by atoms with van der Waals surface area (Å²) < 4.78 is 5.70. The highest BCUT2D eigenvalue weighted by Gasteiger charge is 2.24. The summed E-state index contributed by atoms with van der Waals surface area (Å²) in [7, 11) is 1.59. The Morgan fingerprint density at radius 1 is 1.07 bits per heavy atom. The molecule has 0 aliphatic rings. The van der Waals surface area contributed by atoms with E-state index in [1.807, 2.05) is 61.5 Å². The van der Waals surface area contributed by atoms with Crippen molar-refractivity contribution in [2.45, 2.75) is 39.2 Å². The second-order valence-corrected chi connectivity index (χ2v) is 6.88. The first-order chi connectivity index (χ1) is 13.5. The number of benzene rings is 2. The molecule has 1 atom stereocenters. The van der Waals surface area contributed by atoms with Crippen molar-refractivity contribution in [3.8, 4) is 5.75 Å². The summed E-state index contributed by atoms with van der Waals surface area (Å²) >= 11 is 0. The van der Waals surface area contributed by atoms with E-state index in [1.165, 1.54) is 5.56 Å². The van der Waals surface area contributed by atoms with Gasteiger partial charge in [0.2, 0.25) is 11.8 Å². The SMILES string of the molecule is CNC(=O)C(C)N(CCc1ccccc1)C(=O)CCCOc1ccc(C)cc1. The molecule has 0 saturated carbocycles. The first-order valence-electron chi connectivity index (χ1n) is 9.75. The van der Waals surface area contributed by atoms with E-state index in [0.29, 0.717) is 32.4 Å². The van der Waals surface area contributed by atoms with E-state index in [0.717, 1.165) is 11.3 Å². The molecule has 2 rings (SSSR count). The quantitative estimate of drug-likeness (QED) is 0.641. The second-order valence-electron chi connectivity index (χ2n) is 6.88. The number of aryl methyl sites for hydroxylation is 1. The van der Waals surface area contributed by atoms with E-state index < -0.39 is 6.04 Å². The monoisotopic (exact) mass is 382 g/mol. The van der Waals surface area contributed by atoms with Crippen molar-refractivity contribution in [3.05, 3.63) is 65.7 Å². The molecule has 1 N–H and O–H groups in total. The van der Waals surface area contributed by atoms with E-state index in [9.17, 15) is 9.59 Å². The van der Waals surface area contributed by atoms with Gasteiger partial charge in [0, 0.05) is 20.0 Å². The lowest BCUT2D eigenvalue weighted by Crippen LogP contribution is -2.48. The zero-order valence-corrected chi connectivity index (χ0v) is 17.0. The lowest BCUT2D eigenvalue weighted by molar-refractivity contribution is -0.139. The molecule has 0 fully saturated rings. The van der Waals surface area contributed by atoms with Crippen molar-refractivity contribution in [1.82, 2.24) is 10.2 Å². The van der Waals surface area contributed by atoms with Crippen LogP contribution in [0.3, 0.4) is 0 Å². The van der Waals surface area contributed by atoms with Crippen molar-refractivity contribution in [2.24, 2.45) is 0 Å². The lowest BCUT2D eigenvalue weighted by atomic mass is 10.1. The van der Waals surface area contributed by atoms with Crippen molar-refractivity contribution in [1.29, 1.82) is 0 Å². The Kier molecular flexibility index (Phi) is 8.53. The number of nitrogens with zero attached hydrogens (tertiary/aromatic N) is 1. The molecule has 2 aromatic carbocycles. The molecule has 2 amide bonds. The number of carbonyl (C=O) groups is 2. The predicted molar refractivity (Wildman–Crippen MR) is 111 cm³/mol. The summed E-state index contributed by atoms with van der Waals surface area (Å²) in [6.07, 6.45) is 1.67. The second kappa shape index (κ2) is 11.1. The minimum Gasteiger partial charge on any atom is -0.494 e. The summed E-state index contributed by atoms with van der Waals surface area (Å²) in [5, 5.41) is 2.63. The van der Waals surface area contributed by atoms with Gasteiger partial charge >= 0.3 is 0 Å². The molecular weight excluding hydrogens is 352 g/mol. The minimum atomic E-state index is -0.501. The van der Waals surface area contributed by atoms with Crippen LogP contribution in [0, 0.1) is 6.92 Å². The molecule has 28 heavy (non-hydrogen) atoms. The van der Waals surface area contributed by atoms with Crippen LogP contribution in [0.2, 0.25) is 0 Å². The molecule has 0 aliphatic heterocycles. The maximum atomic E-state index is 12.8. The van der Waals surface area contributed by atoms with E-state index in [-0.39, 0.29) is 11.8 Å². The Bertz CT molecular complexity index is 744. The maximum absolute atomic E-state index is 12.8. The van der Waals surface area contributed by atoms with Gasteiger partial charge in [0.05, 0.1) is 6.61 Å². The van der Waals surface area contributed by atoms with Crippen molar-refractivity contribution >= 4 is 11.8 Å². The van der Waals surface area contributed by atoms with Gasteiger partial charge in [-0.05, 0) is 44.4 Å². The van der Waals surface area contributed by atoms with Crippen LogP contribution in [-0.4, -0.2) is 43.0 Å². The van der Waals surface area contributed by atoms with Crippen molar-refractivity contribution < 1.29 is 14.3 Å². The Hall–Kier alpha value is -2.82. The minimum absolute atomic E-state index is 0.0282. The average Bonchev–Trinajstić information content (AvgIpc) is 2.72. The first-order valence-corrected chi connectivity index (χ1v) is 9.75. The topological polar surface area (TPSA) is 58.6 Å². The molecule has 0 aliphatic carbocycles. The summed E-state index contributed by atoms with van der Waals surface area (Å²) in [5.41, 5.74) is 2.33. The summed E-state index contributed by atoms with van der Waals surface area (Å²) in [6, 6.07) is 17.3. The van der Waals surface area contributed by atoms with Crippen LogP contribution in [0.1, 0.15) is 30.9 Å². The maximum Gasteiger partial charge on any atom is 0.242 e. The number of likely N-dealkylation sites (N-methyl/N-ethyl adjacent to an activating group) is 1. The first kappa shape index (κ1) is 21.5. The van der Waals surface area contributed by atoms with Gasteiger partial charge in [0.25, 0.3) is 0 Å². The fourth-order valence-electron chi connectivity index (χ4n) is 2.97. The highest BCUT2D eigenvalue weighted by molar-refractivity contribution is 5.87.